The van der Waals surface area contributed by atoms with Gasteiger partial charge in [0.05, 0.1) is 3.79 Å². The van der Waals surface area contributed by atoms with Crippen LogP contribution in [0.3, 0.4) is 0 Å². The summed E-state index contributed by atoms with van der Waals surface area (Å²) in [5.74, 6) is 0. The number of halogens is 1. The number of hydrogen-bond acceptors (Lipinski definition) is 3. The zero-order valence-electron chi connectivity index (χ0n) is 9.00. The van der Waals surface area contributed by atoms with Gasteiger partial charge >= 0.3 is 0 Å². The fourth-order valence-electron chi connectivity index (χ4n) is 1.99. The van der Waals surface area contributed by atoms with Crippen molar-refractivity contribution in [1.82, 2.24) is 10.2 Å². The molecule has 0 aliphatic carbocycles. The molecule has 1 aromatic rings. The highest BCUT2D eigenvalue weighted by Gasteiger charge is 2.15. The molecule has 84 valence electrons. The second kappa shape index (κ2) is 5.43. The Hall–Kier alpha value is 0.1000. The molecule has 0 radical (unpaired) electrons. The van der Waals surface area contributed by atoms with Gasteiger partial charge in [0.15, 0.2) is 0 Å². The van der Waals surface area contributed by atoms with Crippen LogP contribution in [0.15, 0.2) is 15.9 Å². The summed E-state index contributed by atoms with van der Waals surface area (Å²) in [6, 6.07) is 5.03. The van der Waals surface area contributed by atoms with Gasteiger partial charge in [-0.15, -0.1) is 11.3 Å². The van der Waals surface area contributed by atoms with E-state index in [4.69, 9.17) is 0 Å². The molecule has 2 heterocycles. The third kappa shape index (κ3) is 3.55. The zero-order chi connectivity index (χ0) is 10.7. The SMILES string of the molecule is CN1CCNC(CCc2ccc(Br)s2)C1. The Balaban J connectivity index is 1.77. The molecule has 1 aliphatic heterocycles. The van der Waals surface area contributed by atoms with E-state index < -0.39 is 0 Å². The van der Waals surface area contributed by atoms with Crippen molar-refractivity contribution in [3.63, 3.8) is 0 Å². The smallest absolute Gasteiger partial charge is 0.0701 e. The zero-order valence-corrected chi connectivity index (χ0v) is 11.4. The Kier molecular flexibility index (Phi) is 4.20. The Morgan fingerprint density at radius 2 is 2.47 bits per heavy atom. The number of hydrogen-bond donors (Lipinski definition) is 1. The molecule has 0 bridgehead atoms. The normalized spacial score (nSPS) is 23.2. The maximum atomic E-state index is 3.58. The number of likely N-dealkylation sites (N-methyl/N-ethyl adjacent to an activating group) is 1. The summed E-state index contributed by atoms with van der Waals surface area (Å²) in [7, 11) is 2.20. The van der Waals surface area contributed by atoms with Gasteiger partial charge in [0.2, 0.25) is 0 Å². The van der Waals surface area contributed by atoms with E-state index in [-0.39, 0.29) is 0 Å². The second-order valence-corrected chi connectivity index (χ2v) is 6.71. The predicted octanol–water partition coefficient (Wildman–Crippen LogP) is 2.35. The van der Waals surface area contributed by atoms with Gasteiger partial charge < -0.3 is 10.2 Å². The van der Waals surface area contributed by atoms with Crippen molar-refractivity contribution in [1.29, 1.82) is 0 Å². The summed E-state index contributed by atoms with van der Waals surface area (Å²) in [5, 5.41) is 3.58. The van der Waals surface area contributed by atoms with Crippen molar-refractivity contribution < 1.29 is 0 Å². The lowest BCUT2D eigenvalue weighted by molar-refractivity contribution is 0.232. The number of thiophene rings is 1. The van der Waals surface area contributed by atoms with Crippen LogP contribution in [0, 0.1) is 0 Å². The van der Waals surface area contributed by atoms with E-state index in [1.807, 2.05) is 11.3 Å². The molecule has 1 aliphatic rings. The maximum Gasteiger partial charge on any atom is 0.0701 e. The van der Waals surface area contributed by atoms with Crippen LogP contribution in [0.2, 0.25) is 0 Å². The van der Waals surface area contributed by atoms with Gasteiger partial charge in [-0.1, -0.05) is 0 Å². The summed E-state index contributed by atoms with van der Waals surface area (Å²) in [6.07, 6.45) is 2.44. The molecule has 15 heavy (non-hydrogen) atoms. The summed E-state index contributed by atoms with van der Waals surface area (Å²) in [4.78, 5) is 3.89. The van der Waals surface area contributed by atoms with E-state index in [0.717, 1.165) is 6.54 Å². The highest BCUT2D eigenvalue weighted by molar-refractivity contribution is 9.11. The van der Waals surface area contributed by atoms with Crippen LogP contribution < -0.4 is 5.32 Å². The summed E-state index contributed by atoms with van der Waals surface area (Å²) in [5.41, 5.74) is 0. The minimum atomic E-state index is 0.671. The molecule has 0 aromatic carbocycles. The predicted molar refractivity (Wildman–Crippen MR) is 69.6 cm³/mol. The van der Waals surface area contributed by atoms with E-state index >= 15 is 0 Å². The molecule has 1 atom stereocenters. The molecule has 1 N–H and O–H groups in total. The van der Waals surface area contributed by atoms with E-state index in [1.54, 1.807) is 0 Å². The van der Waals surface area contributed by atoms with E-state index in [1.165, 1.54) is 34.6 Å². The first-order chi connectivity index (χ1) is 7.24. The van der Waals surface area contributed by atoms with Crippen LogP contribution in [0.5, 0.6) is 0 Å². The maximum absolute atomic E-state index is 3.58. The minimum Gasteiger partial charge on any atom is -0.311 e. The Bertz CT molecular complexity index is 313. The van der Waals surface area contributed by atoms with Crippen molar-refractivity contribution in [2.75, 3.05) is 26.7 Å². The van der Waals surface area contributed by atoms with Crippen LogP contribution >= 0.6 is 27.3 Å². The van der Waals surface area contributed by atoms with Crippen molar-refractivity contribution >= 4 is 27.3 Å². The second-order valence-electron chi connectivity index (χ2n) is 4.16. The Morgan fingerprint density at radius 1 is 1.60 bits per heavy atom. The molecular formula is C11H17BrN2S. The quantitative estimate of drug-likeness (QED) is 0.919. The topological polar surface area (TPSA) is 15.3 Å². The monoisotopic (exact) mass is 288 g/mol. The molecule has 1 unspecified atom stereocenters. The number of aryl methyl sites for hydroxylation is 1. The molecule has 0 saturated carbocycles. The van der Waals surface area contributed by atoms with Crippen molar-refractivity contribution in [3.05, 3.63) is 20.8 Å². The molecule has 4 heteroatoms. The number of nitrogens with one attached hydrogen (secondary N) is 1. The third-order valence-corrected chi connectivity index (χ3v) is 4.51. The van der Waals surface area contributed by atoms with Crippen LogP contribution in [-0.4, -0.2) is 37.6 Å². The van der Waals surface area contributed by atoms with Gasteiger partial charge in [0.25, 0.3) is 0 Å². The first-order valence-electron chi connectivity index (χ1n) is 5.40. The molecule has 1 aromatic heterocycles. The van der Waals surface area contributed by atoms with E-state index in [0.29, 0.717) is 6.04 Å². The van der Waals surface area contributed by atoms with Gasteiger partial charge in [-0.3, -0.25) is 0 Å². The molecule has 1 saturated heterocycles. The Labute approximate surface area is 104 Å². The van der Waals surface area contributed by atoms with Crippen molar-refractivity contribution in [2.45, 2.75) is 18.9 Å². The lowest BCUT2D eigenvalue weighted by atomic mass is 10.1. The first-order valence-corrected chi connectivity index (χ1v) is 7.01. The van der Waals surface area contributed by atoms with Crippen LogP contribution in [0.4, 0.5) is 0 Å². The molecule has 2 nitrogen and oxygen atoms in total. The van der Waals surface area contributed by atoms with Crippen LogP contribution in [0.25, 0.3) is 0 Å². The van der Waals surface area contributed by atoms with Gasteiger partial charge in [-0.25, -0.2) is 0 Å². The highest BCUT2D eigenvalue weighted by Crippen LogP contribution is 2.23. The molecule has 0 spiro atoms. The number of rotatable bonds is 3. The Morgan fingerprint density at radius 3 is 3.13 bits per heavy atom. The molecule has 0 amide bonds. The van der Waals surface area contributed by atoms with E-state index in [2.05, 4.69) is 45.3 Å². The largest absolute Gasteiger partial charge is 0.311 e. The number of piperazine rings is 1. The fraction of sp³-hybridized carbons (Fsp3) is 0.636. The average molecular weight is 289 g/mol. The van der Waals surface area contributed by atoms with Gasteiger partial charge in [0, 0.05) is 30.6 Å². The summed E-state index contributed by atoms with van der Waals surface area (Å²) < 4.78 is 1.24. The summed E-state index contributed by atoms with van der Waals surface area (Å²) in [6.45, 7) is 3.50. The van der Waals surface area contributed by atoms with E-state index in [9.17, 15) is 0 Å². The standard InChI is InChI=1S/C11H17BrN2S/c1-14-7-6-13-9(8-14)2-3-10-4-5-11(12)15-10/h4-5,9,13H,2-3,6-8H2,1H3. The van der Waals surface area contributed by atoms with Gasteiger partial charge in [-0.2, -0.15) is 0 Å². The van der Waals surface area contributed by atoms with Gasteiger partial charge in [0.1, 0.15) is 0 Å². The van der Waals surface area contributed by atoms with Crippen LogP contribution in [0.1, 0.15) is 11.3 Å². The first kappa shape index (κ1) is 11.6. The molecule has 2 rings (SSSR count). The lowest BCUT2D eigenvalue weighted by Crippen LogP contribution is -2.49. The average Bonchev–Trinajstić information content (AvgIpc) is 2.62. The van der Waals surface area contributed by atoms with Gasteiger partial charge in [-0.05, 0) is 48.0 Å². The lowest BCUT2D eigenvalue weighted by Gasteiger charge is -2.30. The highest BCUT2D eigenvalue weighted by atomic mass is 79.9. The van der Waals surface area contributed by atoms with Crippen molar-refractivity contribution in [3.8, 4) is 0 Å². The fourth-order valence-corrected chi connectivity index (χ4v) is 3.49. The number of nitrogens with zero attached hydrogens (tertiary/aromatic N) is 1. The molecule has 1 fully saturated rings. The minimum absolute atomic E-state index is 0.671. The summed E-state index contributed by atoms with van der Waals surface area (Å²) >= 11 is 5.35. The molecular weight excluding hydrogens is 272 g/mol. The van der Waals surface area contributed by atoms with Crippen molar-refractivity contribution in [2.24, 2.45) is 0 Å². The third-order valence-electron chi connectivity index (χ3n) is 2.83. The van der Waals surface area contributed by atoms with Crippen LogP contribution in [-0.2, 0) is 6.42 Å².